The molecular formula is C24H21ClN4O3S. The minimum atomic E-state index is -3.43. The van der Waals surface area contributed by atoms with Gasteiger partial charge in [0.15, 0.2) is 0 Å². The van der Waals surface area contributed by atoms with Crippen LogP contribution in [0.4, 0.5) is 11.4 Å². The van der Waals surface area contributed by atoms with Crippen molar-refractivity contribution in [3.05, 3.63) is 101 Å². The highest BCUT2D eigenvalue weighted by Gasteiger charge is 2.19. The fraction of sp³-hybridized carbons (Fsp3) is 0.0833. The number of anilines is 2. The van der Waals surface area contributed by atoms with E-state index in [-0.39, 0.29) is 5.91 Å². The molecule has 1 aromatic heterocycles. The number of hydrogen-bond acceptors (Lipinski definition) is 4. The Morgan fingerprint density at radius 2 is 1.67 bits per heavy atom. The molecule has 0 aliphatic heterocycles. The van der Waals surface area contributed by atoms with Gasteiger partial charge in [0.2, 0.25) is 10.0 Å². The van der Waals surface area contributed by atoms with Gasteiger partial charge in [-0.25, -0.2) is 8.42 Å². The fourth-order valence-corrected chi connectivity index (χ4v) is 4.01. The van der Waals surface area contributed by atoms with E-state index in [0.29, 0.717) is 34.2 Å². The predicted octanol–water partition coefficient (Wildman–Crippen LogP) is 4.88. The van der Waals surface area contributed by atoms with Gasteiger partial charge in [-0.1, -0.05) is 60.1 Å². The van der Waals surface area contributed by atoms with Gasteiger partial charge in [-0.05, 0) is 35.9 Å². The number of nitrogens with one attached hydrogen (secondary N) is 2. The Hall–Kier alpha value is -3.62. The van der Waals surface area contributed by atoms with Crippen molar-refractivity contribution in [2.75, 3.05) is 16.3 Å². The zero-order valence-corrected chi connectivity index (χ0v) is 19.3. The summed E-state index contributed by atoms with van der Waals surface area (Å²) in [4.78, 5) is 13.2. The Labute approximate surface area is 197 Å². The van der Waals surface area contributed by atoms with Gasteiger partial charge in [-0.3, -0.25) is 14.2 Å². The van der Waals surface area contributed by atoms with Gasteiger partial charge >= 0.3 is 0 Å². The van der Waals surface area contributed by atoms with Crippen molar-refractivity contribution in [1.82, 2.24) is 9.78 Å². The molecule has 0 spiro atoms. The molecule has 3 aromatic carbocycles. The third kappa shape index (κ3) is 6.00. The molecule has 0 fully saturated rings. The number of aromatic nitrogens is 2. The summed E-state index contributed by atoms with van der Waals surface area (Å²) in [7, 11) is -3.43. The number of nitrogens with zero attached hydrogens (tertiary/aromatic N) is 2. The lowest BCUT2D eigenvalue weighted by atomic mass is 10.1. The van der Waals surface area contributed by atoms with Crippen LogP contribution in [-0.4, -0.2) is 30.4 Å². The maximum atomic E-state index is 13.2. The summed E-state index contributed by atoms with van der Waals surface area (Å²) in [5.74, 6) is -0.365. The number of benzene rings is 3. The smallest absolute Gasteiger partial charge is 0.259 e. The number of carbonyl (C=O) groups is 1. The van der Waals surface area contributed by atoms with E-state index in [9.17, 15) is 13.2 Å². The van der Waals surface area contributed by atoms with Crippen molar-refractivity contribution < 1.29 is 13.2 Å². The SMILES string of the molecule is CS(=O)(=O)Nc1cccc(NC(=O)c2cn(Cc3ccccc3)nc2-c2ccc(Cl)cc2)c1. The molecule has 168 valence electrons. The van der Waals surface area contributed by atoms with Crippen molar-refractivity contribution in [3.63, 3.8) is 0 Å². The number of rotatable bonds is 7. The van der Waals surface area contributed by atoms with Gasteiger partial charge in [-0.15, -0.1) is 0 Å². The minimum Gasteiger partial charge on any atom is -0.322 e. The van der Waals surface area contributed by atoms with Crippen LogP contribution in [0, 0.1) is 0 Å². The van der Waals surface area contributed by atoms with Crippen LogP contribution in [-0.2, 0) is 16.6 Å². The Balaban J connectivity index is 1.65. The lowest BCUT2D eigenvalue weighted by Crippen LogP contribution is -2.13. The van der Waals surface area contributed by atoms with E-state index in [4.69, 9.17) is 11.6 Å². The van der Waals surface area contributed by atoms with Gasteiger partial charge in [0.25, 0.3) is 5.91 Å². The van der Waals surface area contributed by atoms with Crippen molar-refractivity contribution in [1.29, 1.82) is 0 Å². The van der Waals surface area contributed by atoms with E-state index >= 15 is 0 Å². The van der Waals surface area contributed by atoms with Crippen LogP contribution in [0.2, 0.25) is 5.02 Å². The quantitative estimate of drug-likeness (QED) is 0.394. The molecule has 2 N–H and O–H groups in total. The zero-order valence-electron chi connectivity index (χ0n) is 17.7. The zero-order chi connectivity index (χ0) is 23.4. The van der Waals surface area contributed by atoms with Crippen LogP contribution in [0.25, 0.3) is 11.3 Å². The molecule has 7 nitrogen and oxygen atoms in total. The molecule has 0 unspecified atom stereocenters. The molecule has 0 aliphatic rings. The summed E-state index contributed by atoms with van der Waals surface area (Å²) in [6.07, 6.45) is 2.77. The molecule has 4 aromatic rings. The van der Waals surface area contributed by atoms with Crippen LogP contribution < -0.4 is 10.0 Å². The topological polar surface area (TPSA) is 93.1 Å². The number of halogens is 1. The van der Waals surface area contributed by atoms with E-state index in [1.807, 2.05) is 42.5 Å². The van der Waals surface area contributed by atoms with E-state index in [2.05, 4.69) is 15.1 Å². The van der Waals surface area contributed by atoms with Crippen LogP contribution in [0.15, 0.2) is 85.1 Å². The monoisotopic (exact) mass is 480 g/mol. The largest absolute Gasteiger partial charge is 0.322 e. The standard InChI is InChI=1S/C24H21ClN4O3S/c1-33(31,32)28-21-9-5-8-20(14-21)26-24(30)22-16-29(15-17-6-3-2-4-7-17)27-23(22)18-10-12-19(25)13-11-18/h2-14,16,28H,15H2,1H3,(H,26,30). The summed E-state index contributed by atoms with van der Waals surface area (Å²) < 4.78 is 27.1. The van der Waals surface area contributed by atoms with E-state index < -0.39 is 10.0 Å². The molecule has 0 saturated carbocycles. The van der Waals surface area contributed by atoms with Gasteiger partial charge in [-0.2, -0.15) is 5.10 Å². The maximum absolute atomic E-state index is 13.2. The minimum absolute atomic E-state index is 0.355. The highest BCUT2D eigenvalue weighted by Crippen LogP contribution is 2.26. The van der Waals surface area contributed by atoms with Crippen LogP contribution in [0.1, 0.15) is 15.9 Å². The van der Waals surface area contributed by atoms with Gasteiger partial charge in [0.1, 0.15) is 5.69 Å². The summed E-state index contributed by atoms with van der Waals surface area (Å²) in [5.41, 5.74) is 3.51. The number of amides is 1. The molecule has 1 amide bonds. The second-order valence-corrected chi connectivity index (χ2v) is 9.68. The summed E-state index contributed by atoms with van der Waals surface area (Å²) in [6, 6.07) is 23.4. The molecule has 4 rings (SSSR count). The second-order valence-electron chi connectivity index (χ2n) is 7.49. The first kappa shape index (κ1) is 22.6. The van der Waals surface area contributed by atoms with Crippen LogP contribution in [0.5, 0.6) is 0 Å². The highest BCUT2D eigenvalue weighted by molar-refractivity contribution is 7.92. The van der Waals surface area contributed by atoms with Crippen molar-refractivity contribution in [3.8, 4) is 11.3 Å². The van der Waals surface area contributed by atoms with E-state index in [0.717, 1.165) is 17.4 Å². The van der Waals surface area contributed by atoms with Gasteiger partial charge in [0, 0.05) is 22.5 Å². The molecule has 0 aliphatic carbocycles. The fourth-order valence-electron chi connectivity index (χ4n) is 3.33. The Bertz CT molecular complexity index is 1380. The molecule has 33 heavy (non-hydrogen) atoms. The number of carbonyl (C=O) groups excluding carboxylic acids is 1. The Morgan fingerprint density at radius 1 is 0.970 bits per heavy atom. The van der Waals surface area contributed by atoms with Crippen molar-refractivity contribution in [2.45, 2.75) is 6.54 Å². The lowest BCUT2D eigenvalue weighted by molar-refractivity contribution is 0.102. The van der Waals surface area contributed by atoms with Gasteiger partial charge < -0.3 is 5.32 Å². The van der Waals surface area contributed by atoms with Gasteiger partial charge in [0.05, 0.1) is 24.1 Å². The molecule has 1 heterocycles. The molecule has 0 atom stereocenters. The molecule has 0 radical (unpaired) electrons. The third-order valence-corrected chi connectivity index (χ3v) is 5.59. The normalized spacial score (nSPS) is 11.2. The predicted molar refractivity (Wildman–Crippen MR) is 131 cm³/mol. The number of hydrogen-bond donors (Lipinski definition) is 2. The third-order valence-electron chi connectivity index (χ3n) is 4.74. The molecular weight excluding hydrogens is 460 g/mol. The first-order valence-electron chi connectivity index (χ1n) is 10.0. The summed E-state index contributed by atoms with van der Waals surface area (Å²) >= 11 is 6.03. The molecule has 9 heteroatoms. The van der Waals surface area contributed by atoms with Crippen LogP contribution in [0.3, 0.4) is 0 Å². The molecule has 0 bridgehead atoms. The Morgan fingerprint density at radius 3 is 2.36 bits per heavy atom. The number of sulfonamides is 1. The summed E-state index contributed by atoms with van der Waals surface area (Å²) in [6.45, 7) is 0.502. The van der Waals surface area contributed by atoms with Crippen molar-refractivity contribution in [2.24, 2.45) is 0 Å². The maximum Gasteiger partial charge on any atom is 0.259 e. The second kappa shape index (κ2) is 9.48. The molecule has 0 saturated heterocycles. The van der Waals surface area contributed by atoms with Crippen LogP contribution >= 0.6 is 11.6 Å². The first-order valence-corrected chi connectivity index (χ1v) is 12.3. The average Bonchev–Trinajstić information content (AvgIpc) is 3.18. The van der Waals surface area contributed by atoms with E-state index in [1.54, 1.807) is 47.3 Å². The lowest BCUT2D eigenvalue weighted by Gasteiger charge is -2.08. The average molecular weight is 481 g/mol. The van der Waals surface area contributed by atoms with Crippen molar-refractivity contribution >= 4 is 38.9 Å². The first-order chi connectivity index (χ1) is 15.8. The summed E-state index contributed by atoms with van der Waals surface area (Å²) in [5, 5.41) is 8.07. The Kier molecular flexibility index (Phi) is 6.48. The highest BCUT2D eigenvalue weighted by atomic mass is 35.5. The van der Waals surface area contributed by atoms with E-state index in [1.165, 1.54) is 0 Å².